The summed E-state index contributed by atoms with van der Waals surface area (Å²) in [5, 5.41) is 0. The summed E-state index contributed by atoms with van der Waals surface area (Å²) >= 11 is 0. The summed E-state index contributed by atoms with van der Waals surface area (Å²) in [6, 6.07) is 2.05. The van der Waals surface area contributed by atoms with Crippen molar-refractivity contribution in [2.75, 3.05) is 26.2 Å². The van der Waals surface area contributed by atoms with Gasteiger partial charge in [0, 0.05) is 32.1 Å². The lowest BCUT2D eigenvalue weighted by Crippen LogP contribution is -2.44. The Labute approximate surface area is 171 Å². The maximum absolute atomic E-state index is 13.4. The minimum absolute atomic E-state index is 0.0651. The summed E-state index contributed by atoms with van der Waals surface area (Å²) < 4.78 is 28.3. The molecule has 0 aromatic heterocycles. The van der Waals surface area contributed by atoms with Gasteiger partial charge in [-0.1, -0.05) is 19.4 Å². The van der Waals surface area contributed by atoms with E-state index in [9.17, 15) is 13.2 Å². The zero-order valence-electron chi connectivity index (χ0n) is 18.3. The molecule has 0 radical (unpaired) electrons. The molecule has 1 aromatic rings. The highest BCUT2D eigenvalue weighted by molar-refractivity contribution is 7.89. The van der Waals surface area contributed by atoms with Crippen LogP contribution in [0.5, 0.6) is 0 Å². The van der Waals surface area contributed by atoms with Crippen LogP contribution in [-0.2, 0) is 14.8 Å². The second-order valence-electron chi connectivity index (χ2n) is 8.04. The number of carbonyl (C=O) groups is 1. The summed E-state index contributed by atoms with van der Waals surface area (Å²) in [4.78, 5) is 15.2. The number of benzene rings is 1. The minimum Gasteiger partial charge on any atom is -0.343 e. The predicted molar refractivity (Wildman–Crippen MR) is 114 cm³/mol. The van der Waals surface area contributed by atoms with Crippen LogP contribution in [0.15, 0.2) is 11.0 Å². The van der Waals surface area contributed by atoms with Crippen molar-refractivity contribution < 1.29 is 13.2 Å². The number of piperidine rings is 1. The van der Waals surface area contributed by atoms with Crippen LogP contribution in [0.2, 0.25) is 0 Å². The minimum atomic E-state index is -3.55. The summed E-state index contributed by atoms with van der Waals surface area (Å²) in [6.07, 6.45) is 3.28. The third-order valence-electron chi connectivity index (χ3n) is 6.17. The highest BCUT2D eigenvalue weighted by Gasteiger charge is 2.35. The molecule has 28 heavy (non-hydrogen) atoms. The van der Waals surface area contributed by atoms with E-state index in [-0.39, 0.29) is 11.8 Å². The van der Waals surface area contributed by atoms with Gasteiger partial charge in [0.15, 0.2) is 0 Å². The van der Waals surface area contributed by atoms with Crippen LogP contribution in [0.1, 0.15) is 61.8 Å². The van der Waals surface area contributed by atoms with E-state index in [4.69, 9.17) is 0 Å². The maximum Gasteiger partial charge on any atom is 0.243 e. The highest BCUT2D eigenvalue weighted by atomic mass is 32.2. The monoisotopic (exact) mass is 408 g/mol. The van der Waals surface area contributed by atoms with Gasteiger partial charge in [-0.25, -0.2) is 8.42 Å². The summed E-state index contributed by atoms with van der Waals surface area (Å²) in [7, 11) is -3.55. The normalized spacial score (nSPS) is 16.4. The fourth-order valence-corrected chi connectivity index (χ4v) is 6.12. The lowest BCUT2D eigenvalue weighted by atomic mass is 9.96. The van der Waals surface area contributed by atoms with Gasteiger partial charge in [-0.3, -0.25) is 4.79 Å². The van der Waals surface area contributed by atoms with Crippen LogP contribution in [0.4, 0.5) is 0 Å². The van der Waals surface area contributed by atoms with Crippen LogP contribution in [-0.4, -0.2) is 49.7 Å². The van der Waals surface area contributed by atoms with Gasteiger partial charge < -0.3 is 4.90 Å². The van der Waals surface area contributed by atoms with Crippen LogP contribution in [0.3, 0.4) is 0 Å². The molecule has 0 aliphatic carbocycles. The number of unbranched alkanes of at least 4 members (excludes halogenated alkanes) is 1. The van der Waals surface area contributed by atoms with E-state index in [1.807, 2.05) is 45.6 Å². The number of sulfonamides is 1. The molecule has 0 N–H and O–H groups in total. The van der Waals surface area contributed by atoms with Crippen molar-refractivity contribution in [1.82, 2.24) is 9.21 Å². The molecule has 1 aliphatic rings. The zero-order valence-corrected chi connectivity index (χ0v) is 19.2. The van der Waals surface area contributed by atoms with Crippen LogP contribution in [0.25, 0.3) is 0 Å². The third-order valence-corrected chi connectivity index (χ3v) is 8.35. The number of hydrogen-bond donors (Lipinski definition) is 0. The Kier molecular flexibility index (Phi) is 7.68. The summed E-state index contributed by atoms with van der Waals surface area (Å²) in [6.45, 7) is 14.2. The first-order valence-corrected chi connectivity index (χ1v) is 11.9. The Morgan fingerprint density at radius 1 is 1.07 bits per heavy atom. The van der Waals surface area contributed by atoms with Crippen molar-refractivity contribution in [3.63, 3.8) is 0 Å². The lowest BCUT2D eigenvalue weighted by Gasteiger charge is -2.34. The first-order chi connectivity index (χ1) is 13.1. The van der Waals surface area contributed by atoms with Crippen LogP contribution in [0, 0.1) is 33.6 Å². The number of carbonyl (C=O) groups excluding carboxylic acids is 1. The molecule has 1 heterocycles. The first kappa shape index (κ1) is 22.9. The lowest BCUT2D eigenvalue weighted by molar-refractivity contribution is -0.136. The van der Waals surface area contributed by atoms with E-state index in [0.717, 1.165) is 48.2 Å². The molecular weight excluding hydrogens is 372 g/mol. The molecule has 0 spiro atoms. The van der Waals surface area contributed by atoms with Crippen molar-refractivity contribution in [3.8, 4) is 0 Å². The van der Waals surface area contributed by atoms with Crippen LogP contribution >= 0.6 is 0 Å². The Hall–Kier alpha value is -1.40. The molecule has 1 saturated heterocycles. The van der Waals surface area contributed by atoms with Gasteiger partial charge in [0.1, 0.15) is 0 Å². The molecular formula is C22H36N2O3S. The molecule has 1 aromatic carbocycles. The number of aryl methyl sites for hydroxylation is 2. The van der Waals surface area contributed by atoms with Crippen molar-refractivity contribution in [1.29, 1.82) is 0 Å². The average molecular weight is 409 g/mol. The SMILES string of the molecule is CCCCN(CC)C(=O)C1CCN(S(=O)(=O)c2c(C)c(C)cc(C)c2C)CC1. The standard InChI is InChI=1S/C22H36N2O3S/c1-7-9-12-23(8-2)22(25)20-10-13-24(14-11-20)28(26,27)21-18(5)16(3)15-17(4)19(21)6/h15,20H,7-14H2,1-6H3. The molecule has 1 aliphatic heterocycles. The van der Waals surface area contributed by atoms with E-state index in [2.05, 4.69) is 6.92 Å². The molecule has 1 amide bonds. The van der Waals surface area contributed by atoms with E-state index in [1.54, 1.807) is 4.31 Å². The molecule has 0 saturated carbocycles. The summed E-state index contributed by atoms with van der Waals surface area (Å²) in [5.41, 5.74) is 3.67. The molecule has 5 nitrogen and oxygen atoms in total. The molecule has 6 heteroatoms. The van der Waals surface area contributed by atoms with Gasteiger partial charge in [0.05, 0.1) is 4.90 Å². The van der Waals surface area contributed by atoms with Gasteiger partial charge >= 0.3 is 0 Å². The Morgan fingerprint density at radius 3 is 2.07 bits per heavy atom. The second-order valence-corrected chi connectivity index (χ2v) is 9.91. The Morgan fingerprint density at radius 2 is 1.61 bits per heavy atom. The third kappa shape index (κ3) is 4.60. The molecule has 0 unspecified atom stereocenters. The number of nitrogens with zero attached hydrogens (tertiary/aromatic N) is 2. The molecule has 0 bridgehead atoms. The van der Waals surface area contributed by atoms with Crippen molar-refractivity contribution >= 4 is 15.9 Å². The van der Waals surface area contributed by atoms with E-state index >= 15 is 0 Å². The fraction of sp³-hybridized carbons (Fsp3) is 0.682. The zero-order chi connectivity index (χ0) is 21.1. The van der Waals surface area contributed by atoms with Gasteiger partial charge in [-0.2, -0.15) is 4.31 Å². The average Bonchev–Trinajstić information content (AvgIpc) is 2.67. The molecule has 2 rings (SSSR count). The van der Waals surface area contributed by atoms with Crippen LogP contribution < -0.4 is 0 Å². The Balaban J connectivity index is 2.16. The Bertz CT molecular complexity index is 783. The fourth-order valence-electron chi connectivity index (χ4n) is 4.07. The number of amides is 1. The second kappa shape index (κ2) is 9.40. The topological polar surface area (TPSA) is 57.7 Å². The first-order valence-electron chi connectivity index (χ1n) is 10.5. The van der Waals surface area contributed by atoms with E-state index < -0.39 is 10.0 Å². The smallest absolute Gasteiger partial charge is 0.243 e. The van der Waals surface area contributed by atoms with E-state index in [1.165, 1.54) is 0 Å². The van der Waals surface area contributed by atoms with Crippen molar-refractivity contribution in [2.24, 2.45) is 5.92 Å². The maximum atomic E-state index is 13.4. The van der Waals surface area contributed by atoms with Gasteiger partial charge in [-0.15, -0.1) is 0 Å². The van der Waals surface area contributed by atoms with Crippen molar-refractivity contribution in [2.45, 2.75) is 72.1 Å². The molecule has 158 valence electrons. The molecule has 0 atom stereocenters. The van der Waals surface area contributed by atoms with Gasteiger partial charge in [0.2, 0.25) is 15.9 Å². The summed E-state index contributed by atoms with van der Waals surface area (Å²) in [5.74, 6) is 0.122. The van der Waals surface area contributed by atoms with Crippen molar-refractivity contribution in [3.05, 3.63) is 28.3 Å². The quantitative estimate of drug-likeness (QED) is 0.686. The molecule has 1 fully saturated rings. The largest absolute Gasteiger partial charge is 0.343 e. The van der Waals surface area contributed by atoms with Gasteiger partial charge in [-0.05, 0) is 76.1 Å². The number of rotatable bonds is 7. The van der Waals surface area contributed by atoms with Gasteiger partial charge in [0.25, 0.3) is 0 Å². The highest BCUT2D eigenvalue weighted by Crippen LogP contribution is 2.31. The number of hydrogen-bond acceptors (Lipinski definition) is 3. The predicted octanol–water partition coefficient (Wildman–Crippen LogP) is 3.97. The van der Waals surface area contributed by atoms with E-state index in [0.29, 0.717) is 30.8 Å².